The molecule has 0 bridgehead atoms. The summed E-state index contributed by atoms with van der Waals surface area (Å²) in [5, 5.41) is 3.43. The standard InChI is InChI=1S/C20H20BrN3O2/c1-14(24-18-10-17(21)11-23-12-18)16-3-4-19(20(9-16)25-2)26-13-15-5-7-22-8-6-15/h3-12,14,24H,13H2,1-2H3. The van der Waals surface area contributed by atoms with Gasteiger partial charge in [-0.3, -0.25) is 9.97 Å². The third kappa shape index (κ3) is 4.73. The summed E-state index contributed by atoms with van der Waals surface area (Å²) in [6, 6.07) is 11.9. The fourth-order valence-electron chi connectivity index (χ4n) is 2.54. The molecular formula is C20H20BrN3O2. The fraction of sp³-hybridized carbons (Fsp3) is 0.200. The van der Waals surface area contributed by atoms with Gasteiger partial charge in [0.2, 0.25) is 0 Å². The van der Waals surface area contributed by atoms with Gasteiger partial charge in [0.15, 0.2) is 11.5 Å². The largest absolute Gasteiger partial charge is 0.493 e. The molecule has 6 heteroatoms. The summed E-state index contributed by atoms with van der Waals surface area (Å²) in [5.74, 6) is 1.42. The molecule has 0 aliphatic carbocycles. The van der Waals surface area contributed by atoms with Crippen molar-refractivity contribution in [1.29, 1.82) is 0 Å². The first-order valence-corrected chi connectivity index (χ1v) is 9.01. The second-order valence-corrected chi connectivity index (χ2v) is 6.73. The van der Waals surface area contributed by atoms with Crippen LogP contribution in [0.3, 0.4) is 0 Å². The van der Waals surface area contributed by atoms with Crippen LogP contribution in [0.25, 0.3) is 0 Å². The zero-order chi connectivity index (χ0) is 18.4. The van der Waals surface area contributed by atoms with E-state index in [-0.39, 0.29) is 6.04 Å². The van der Waals surface area contributed by atoms with Gasteiger partial charge in [0, 0.05) is 29.1 Å². The van der Waals surface area contributed by atoms with Gasteiger partial charge in [-0.05, 0) is 64.3 Å². The molecule has 134 valence electrons. The van der Waals surface area contributed by atoms with Crippen LogP contribution in [0.2, 0.25) is 0 Å². The topological polar surface area (TPSA) is 56.3 Å². The van der Waals surface area contributed by atoms with Crippen LogP contribution in [0.5, 0.6) is 11.5 Å². The number of hydrogen-bond acceptors (Lipinski definition) is 5. The number of halogens is 1. The third-order valence-electron chi connectivity index (χ3n) is 3.92. The number of ether oxygens (including phenoxy) is 2. The van der Waals surface area contributed by atoms with Crippen LogP contribution in [0, 0.1) is 0 Å². The van der Waals surface area contributed by atoms with Crippen LogP contribution >= 0.6 is 15.9 Å². The molecule has 0 aliphatic rings. The lowest BCUT2D eigenvalue weighted by atomic mass is 10.1. The van der Waals surface area contributed by atoms with E-state index in [0.29, 0.717) is 18.1 Å². The van der Waals surface area contributed by atoms with Gasteiger partial charge in [-0.1, -0.05) is 6.07 Å². The fourth-order valence-corrected chi connectivity index (χ4v) is 2.90. The lowest BCUT2D eigenvalue weighted by molar-refractivity contribution is 0.284. The number of nitrogens with one attached hydrogen (secondary N) is 1. The molecule has 1 atom stereocenters. The van der Waals surface area contributed by atoms with Gasteiger partial charge in [0.05, 0.1) is 19.0 Å². The van der Waals surface area contributed by atoms with Crippen molar-refractivity contribution in [2.75, 3.05) is 12.4 Å². The van der Waals surface area contributed by atoms with Crippen molar-refractivity contribution in [3.63, 3.8) is 0 Å². The number of methoxy groups -OCH3 is 1. The molecule has 0 fully saturated rings. The predicted octanol–water partition coefficient (Wildman–Crippen LogP) is 5.00. The highest BCUT2D eigenvalue weighted by molar-refractivity contribution is 9.10. The molecule has 3 rings (SSSR count). The summed E-state index contributed by atoms with van der Waals surface area (Å²) in [4.78, 5) is 8.18. The summed E-state index contributed by atoms with van der Waals surface area (Å²) in [7, 11) is 1.65. The Balaban J connectivity index is 1.71. The maximum atomic E-state index is 5.89. The molecule has 0 saturated carbocycles. The average molecular weight is 414 g/mol. The second-order valence-electron chi connectivity index (χ2n) is 5.81. The van der Waals surface area contributed by atoms with Crippen LogP contribution in [-0.4, -0.2) is 17.1 Å². The van der Waals surface area contributed by atoms with Gasteiger partial charge in [-0.25, -0.2) is 0 Å². The number of rotatable bonds is 7. The molecule has 1 unspecified atom stereocenters. The van der Waals surface area contributed by atoms with Crippen molar-refractivity contribution in [3.05, 3.63) is 76.8 Å². The molecule has 1 aromatic carbocycles. The van der Waals surface area contributed by atoms with Crippen LogP contribution in [0.4, 0.5) is 5.69 Å². The molecule has 1 N–H and O–H groups in total. The van der Waals surface area contributed by atoms with Gasteiger partial charge in [0.1, 0.15) is 6.61 Å². The second kappa shape index (κ2) is 8.67. The lowest BCUT2D eigenvalue weighted by Gasteiger charge is -2.18. The molecule has 26 heavy (non-hydrogen) atoms. The highest BCUT2D eigenvalue weighted by Crippen LogP contribution is 2.32. The maximum absolute atomic E-state index is 5.89. The molecule has 2 aromatic heterocycles. The van der Waals surface area contributed by atoms with Crippen molar-refractivity contribution >= 4 is 21.6 Å². The Bertz CT molecular complexity index is 859. The minimum absolute atomic E-state index is 0.0919. The van der Waals surface area contributed by atoms with E-state index >= 15 is 0 Å². The van der Waals surface area contributed by atoms with Crippen LogP contribution in [-0.2, 0) is 6.61 Å². The maximum Gasteiger partial charge on any atom is 0.161 e. The molecule has 0 spiro atoms. The van der Waals surface area contributed by atoms with E-state index in [1.54, 1.807) is 31.9 Å². The zero-order valence-corrected chi connectivity index (χ0v) is 16.2. The molecule has 5 nitrogen and oxygen atoms in total. The molecule has 0 saturated heterocycles. The van der Waals surface area contributed by atoms with E-state index in [0.717, 1.165) is 21.3 Å². The summed E-state index contributed by atoms with van der Waals surface area (Å²) < 4.78 is 12.3. The van der Waals surface area contributed by atoms with Gasteiger partial charge in [-0.15, -0.1) is 0 Å². The van der Waals surface area contributed by atoms with E-state index in [9.17, 15) is 0 Å². The number of hydrogen-bond donors (Lipinski definition) is 1. The highest BCUT2D eigenvalue weighted by atomic mass is 79.9. The van der Waals surface area contributed by atoms with Crippen LogP contribution in [0.1, 0.15) is 24.1 Å². The summed E-state index contributed by atoms with van der Waals surface area (Å²) >= 11 is 3.43. The first-order chi connectivity index (χ1) is 12.7. The Morgan fingerprint density at radius 3 is 2.58 bits per heavy atom. The minimum Gasteiger partial charge on any atom is -0.493 e. The Labute approximate surface area is 161 Å². The lowest BCUT2D eigenvalue weighted by Crippen LogP contribution is -2.07. The smallest absolute Gasteiger partial charge is 0.161 e. The summed E-state index contributed by atoms with van der Waals surface area (Å²) in [6.07, 6.45) is 7.06. The zero-order valence-electron chi connectivity index (χ0n) is 14.6. The van der Waals surface area contributed by atoms with Gasteiger partial charge in [-0.2, -0.15) is 0 Å². The van der Waals surface area contributed by atoms with Crippen molar-refractivity contribution < 1.29 is 9.47 Å². The van der Waals surface area contributed by atoms with E-state index in [4.69, 9.17) is 9.47 Å². The van der Waals surface area contributed by atoms with Gasteiger partial charge < -0.3 is 14.8 Å². The summed E-state index contributed by atoms with van der Waals surface area (Å²) in [5.41, 5.74) is 3.10. The van der Waals surface area contributed by atoms with E-state index in [1.807, 2.05) is 36.4 Å². The van der Waals surface area contributed by atoms with Crippen LogP contribution < -0.4 is 14.8 Å². The third-order valence-corrected chi connectivity index (χ3v) is 4.35. The van der Waals surface area contributed by atoms with Crippen molar-refractivity contribution in [1.82, 2.24) is 9.97 Å². The average Bonchev–Trinajstić information content (AvgIpc) is 2.67. The van der Waals surface area contributed by atoms with Crippen molar-refractivity contribution in [2.45, 2.75) is 19.6 Å². The van der Waals surface area contributed by atoms with E-state index in [2.05, 4.69) is 38.1 Å². The number of aromatic nitrogens is 2. The highest BCUT2D eigenvalue weighted by Gasteiger charge is 2.11. The molecule has 0 radical (unpaired) electrons. The van der Waals surface area contributed by atoms with Crippen molar-refractivity contribution in [3.8, 4) is 11.5 Å². The molecular weight excluding hydrogens is 394 g/mol. The minimum atomic E-state index is 0.0919. The molecule has 3 aromatic rings. The Kier molecular flexibility index (Phi) is 6.07. The monoisotopic (exact) mass is 413 g/mol. The Morgan fingerprint density at radius 2 is 1.85 bits per heavy atom. The SMILES string of the molecule is COc1cc(C(C)Nc2cncc(Br)c2)ccc1OCc1ccncc1. The van der Waals surface area contributed by atoms with Crippen LogP contribution in [0.15, 0.2) is 65.7 Å². The number of nitrogens with zero attached hydrogens (tertiary/aromatic N) is 2. The number of pyridine rings is 2. The first-order valence-electron chi connectivity index (χ1n) is 8.22. The normalized spacial score (nSPS) is 11.7. The van der Waals surface area contributed by atoms with Gasteiger partial charge in [0.25, 0.3) is 0 Å². The predicted molar refractivity (Wildman–Crippen MR) is 106 cm³/mol. The van der Waals surface area contributed by atoms with E-state index in [1.165, 1.54) is 0 Å². The molecule has 2 heterocycles. The molecule has 0 aliphatic heterocycles. The van der Waals surface area contributed by atoms with E-state index < -0.39 is 0 Å². The number of benzene rings is 1. The quantitative estimate of drug-likeness (QED) is 0.590. The van der Waals surface area contributed by atoms with Crippen molar-refractivity contribution in [2.24, 2.45) is 0 Å². The Hall–Kier alpha value is -2.60. The summed E-state index contributed by atoms with van der Waals surface area (Å²) in [6.45, 7) is 2.56. The molecule has 0 amide bonds. The Morgan fingerprint density at radius 1 is 1.04 bits per heavy atom. The number of anilines is 1. The van der Waals surface area contributed by atoms with Gasteiger partial charge >= 0.3 is 0 Å². The first kappa shape index (κ1) is 18.2.